The number of likely N-dealkylation sites (N-methyl/N-ethyl adjacent to an activating group) is 1. The number of Topliss-reactive ketones (excluding diaryl/α,β-unsaturated/α-hetero) is 2. The number of benzene rings is 1. The van der Waals surface area contributed by atoms with Crippen LogP contribution in [0.15, 0.2) is 41.8 Å². The van der Waals surface area contributed by atoms with Crippen LogP contribution >= 0.6 is 0 Å². The first-order valence-electron chi connectivity index (χ1n) is 18.0. The van der Waals surface area contributed by atoms with Crippen molar-refractivity contribution in [2.24, 2.45) is 39.7 Å². The monoisotopic (exact) mass is 627 g/mol. The number of hydrogen-bond donors (Lipinski definition) is 0. The summed E-state index contributed by atoms with van der Waals surface area (Å²) in [7, 11) is 2.17. The Morgan fingerprint density at radius 1 is 1.07 bits per heavy atom. The third-order valence-corrected chi connectivity index (χ3v) is 13.3. The van der Waals surface area contributed by atoms with Crippen LogP contribution in [0.4, 0.5) is 5.69 Å². The zero-order valence-electron chi connectivity index (χ0n) is 28.3. The summed E-state index contributed by atoms with van der Waals surface area (Å²) in [5.74, 6) is 4.77. The van der Waals surface area contributed by atoms with Crippen molar-refractivity contribution in [3.8, 4) is 5.75 Å². The molecule has 0 radical (unpaired) electrons. The highest BCUT2D eigenvalue weighted by atomic mass is 16.6. The van der Waals surface area contributed by atoms with E-state index < -0.39 is 0 Å². The molecular weight excluding hydrogens is 574 g/mol. The Balaban J connectivity index is 0.906. The molecule has 0 spiro atoms. The molecule has 0 unspecified atom stereocenters. The molecule has 6 atom stereocenters. The molecule has 4 aliphatic carbocycles. The van der Waals surface area contributed by atoms with Crippen LogP contribution in [-0.2, 0) is 14.4 Å². The van der Waals surface area contributed by atoms with E-state index in [-0.39, 0.29) is 17.8 Å². The number of ketones is 2. The molecule has 1 saturated heterocycles. The predicted octanol–water partition coefficient (Wildman–Crippen LogP) is 7.45. The Bertz CT molecular complexity index is 1440. The van der Waals surface area contributed by atoms with Gasteiger partial charge in [0, 0.05) is 68.2 Å². The molecule has 0 amide bonds. The van der Waals surface area contributed by atoms with E-state index in [4.69, 9.17) is 9.57 Å². The molecule has 7 nitrogen and oxygen atoms in total. The molecule has 1 aromatic carbocycles. The number of hydrogen-bond acceptors (Lipinski definition) is 7. The smallest absolute Gasteiger partial charge is 0.175 e. The Morgan fingerprint density at radius 2 is 1.89 bits per heavy atom. The van der Waals surface area contributed by atoms with Gasteiger partial charge in [-0.3, -0.25) is 9.59 Å². The molecule has 1 aromatic rings. The number of allylic oxidation sites excluding steroid dienone is 2. The minimum Gasteiger partial charge on any atom is -0.457 e. The van der Waals surface area contributed by atoms with E-state index in [1.165, 1.54) is 42.7 Å². The normalized spacial score (nSPS) is 35.1. The average molecular weight is 628 g/mol. The zero-order chi connectivity index (χ0) is 32.1. The summed E-state index contributed by atoms with van der Waals surface area (Å²) in [4.78, 5) is 35.6. The molecule has 2 heterocycles. The summed E-state index contributed by atoms with van der Waals surface area (Å²) in [5, 5.41) is 4.66. The maximum atomic E-state index is 12.9. The SMILES string of the molecule is C=C1C=C(CCCC(=O)CO/N=C2/CC[C@H]3[C@@H]4CC[C@H]5CC(=O)CC[C@]5(C)[C@H]4CC[C@]23C)c2ccc(N3CCN(C)CC3)cc2O1. The largest absolute Gasteiger partial charge is 0.457 e. The van der Waals surface area contributed by atoms with Crippen molar-refractivity contribution in [2.45, 2.75) is 90.9 Å². The average Bonchev–Trinajstić information content (AvgIpc) is 3.37. The molecule has 0 aromatic heterocycles. The molecule has 46 heavy (non-hydrogen) atoms. The van der Waals surface area contributed by atoms with E-state index in [2.05, 4.69) is 60.6 Å². The van der Waals surface area contributed by atoms with Gasteiger partial charge in [0.05, 0.1) is 5.71 Å². The van der Waals surface area contributed by atoms with Crippen molar-refractivity contribution in [3.63, 3.8) is 0 Å². The molecule has 7 rings (SSSR count). The van der Waals surface area contributed by atoms with Gasteiger partial charge in [-0.05, 0) is 118 Å². The number of nitrogens with zero attached hydrogens (tertiary/aromatic N) is 3. The fraction of sp³-hybridized carbons (Fsp3) is 0.667. The van der Waals surface area contributed by atoms with Gasteiger partial charge in [0.2, 0.25) is 0 Å². The number of rotatable bonds is 8. The molecule has 2 aliphatic heterocycles. The Hall–Kier alpha value is -2.93. The summed E-state index contributed by atoms with van der Waals surface area (Å²) in [5.41, 5.74) is 5.03. The van der Waals surface area contributed by atoms with Gasteiger partial charge in [0.25, 0.3) is 0 Å². The fourth-order valence-corrected chi connectivity index (χ4v) is 10.5. The van der Waals surface area contributed by atoms with Crippen molar-refractivity contribution >= 4 is 28.5 Å². The Labute approximate surface area is 275 Å². The van der Waals surface area contributed by atoms with E-state index in [1.54, 1.807) is 0 Å². The van der Waals surface area contributed by atoms with Crippen molar-refractivity contribution in [1.29, 1.82) is 0 Å². The minimum atomic E-state index is 0.0456. The Morgan fingerprint density at radius 3 is 2.72 bits per heavy atom. The van der Waals surface area contributed by atoms with Crippen LogP contribution < -0.4 is 9.64 Å². The standard InChI is InChI=1S/C39H53N3O4/c1-26-22-27(32-11-9-29(24-36(32)46-26)42-20-18-41(4)19-21-42)6-5-7-31(44)25-45-40-37-13-12-34-33-10-8-28-23-30(43)14-16-38(28,2)35(33)15-17-39(34,37)3/h9,11,22,24,28,33-35H,1,5-8,10,12-21,23,25H2,2-4H3/b40-37-/t28-,33-,34-,35-,38-,39-/m0/s1. The van der Waals surface area contributed by atoms with Gasteiger partial charge in [-0.1, -0.05) is 25.6 Å². The van der Waals surface area contributed by atoms with Crippen LogP contribution in [0.3, 0.4) is 0 Å². The van der Waals surface area contributed by atoms with Crippen LogP contribution in [0.25, 0.3) is 5.57 Å². The van der Waals surface area contributed by atoms with E-state index in [9.17, 15) is 9.59 Å². The van der Waals surface area contributed by atoms with Crippen molar-refractivity contribution < 1.29 is 19.2 Å². The van der Waals surface area contributed by atoms with Gasteiger partial charge in [-0.2, -0.15) is 0 Å². The summed E-state index contributed by atoms with van der Waals surface area (Å²) in [6, 6.07) is 6.49. The van der Waals surface area contributed by atoms with Gasteiger partial charge in [0.1, 0.15) is 17.3 Å². The lowest BCUT2D eigenvalue weighted by molar-refractivity contribution is -0.136. The number of anilines is 1. The number of oxime groups is 1. The second-order valence-electron chi connectivity index (χ2n) is 15.8. The summed E-state index contributed by atoms with van der Waals surface area (Å²) in [6.07, 6.45) is 13.7. The van der Waals surface area contributed by atoms with Crippen molar-refractivity contribution in [2.75, 3.05) is 44.7 Å². The molecule has 5 fully saturated rings. The number of ether oxygens (including phenoxy) is 1. The first-order valence-corrected chi connectivity index (χ1v) is 18.0. The minimum absolute atomic E-state index is 0.0456. The first kappa shape index (κ1) is 31.7. The second kappa shape index (κ2) is 12.6. The summed E-state index contributed by atoms with van der Waals surface area (Å²) >= 11 is 0. The molecule has 4 saturated carbocycles. The lowest BCUT2D eigenvalue weighted by atomic mass is 9.45. The molecule has 0 N–H and O–H groups in total. The quantitative estimate of drug-likeness (QED) is 0.279. The van der Waals surface area contributed by atoms with Crippen molar-refractivity contribution in [3.05, 3.63) is 42.2 Å². The third kappa shape index (κ3) is 5.86. The van der Waals surface area contributed by atoms with Crippen molar-refractivity contribution in [1.82, 2.24) is 4.90 Å². The molecule has 6 aliphatic rings. The van der Waals surface area contributed by atoms with E-state index in [0.29, 0.717) is 35.2 Å². The summed E-state index contributed by atoms with van der Waals surface area (Å²) < 4.78 is 6.03. The van der Waals surface area contributed by atoms with Gasteiger partial charge in [0.15, 0.2) is 12.4 Å². The number of carbonyl (C=O) groups excluding carboxylic acids is 2. The predicted molar refractivity (Wildman–Crippen MR) is 183 cm³/mol. The van der Waals surface area contributed by atoms with Gasteiger partial charge in [-0.25, -0.2) is 0 Å². The van der Waals surface area contributed by atoms with E-state index in [0.717, 1.165) is 94.3 Å². The fourth-order valence-electron chi connectivity index (χ4n) is 10.5. The molecular formula is C39H53N3O4. The molecule has 7 heteroatoms. The zero-order valence-corrected chi connectivity index (χ0v) is 28.3. The number of piperazine rings is 1. The van der Waals surface area contributed by atoms with E-state index in [1.807, 2.05) is 6.08 Å². The van der Waals surface area contributed by atoms with Crippen LogP contribution in [0.5, 0.6) is 5.75 Å². The summed E-state index contributed by atoms with van der Waals surface area (Å²) in [6.45, 7) is 13.2. The first-order chi connectivity index (χ1) is 22.1. The van der Waals surface area contributed by atoms with Crippen LogP contribution in [0.2, 0.25) is 0 Å². The van der Waals surface area contributed by atoms with Crippen LogP contribution in [-0.4, -0.2) is 62.0 Å². The lowest BCUT2D eigenvalue weighted by Gasteiger charge is -2.59. The van der Waals surface area contributed by atoms with Gasteiger partial charge < -0.3 is 19.4 Å². The number of fused-ring (bicyclic) bond motifs is 6. The highest BCUT2D eigenvalue weighted by Gasteiger charge is 2.59. The van der Waals surface area contributed by atoms with E-state index >= 15 is 0 Å². The number of carbonyl (C=O) groups is 2. The highest BCUT2D eigenvalue weighted by Crippen LogP contribution is 2.65. The van der Waals surface area contributed by atoms with Gasteiger partial charge >= 0.3 is 0 Å². The van der Waals surface area contributed by atoms with Crippen LogP contribution in [0.1, 0.15) is 96.5 Å². The lowest BCUT2D eigenvalue weighted by Crippen LogP contribution is -2.53. The maximum Gasteiger partial charge on any atom is 0.175 e. The van der Waals surface area contributed by atoms with Gasteiger partial charge in [-0.15, -0.1) is 0 Å². The second-order valence-corrected chi connectivity index (χ2v) is 15.8. The molecule has 0 bridgehead atoms. The third-order valence-electron chi connectivity index (χ3n) is 13.3. The topological polar surface area (TPSA) is 71.4 Å². The Kier molecular flexibility index (Phi) is 8.67. The van der Waals surface area contributed by atoms with Crippen LogP contribution in [0, 0.1) is 34.5 Å². The molecule has 248 valence electrons. The maximum absolute atomic E-state index is 12.9. The highest BCUT2D eigenvalue weighted by molar-refractivity contribution is 5.92.